The Hall–Kier alpha value is -2.04. The van der Waals surface area contributed by atoms with E-state index in [1.54, 1.807) is 37.3 Å². The number of anilines is 2. The molecule has 2 rings (SSSR count). The third kappa shape index (κ3) is 3.35. The molecule has 0 heterocycles. The Morgan fingerprint density at radius 1 is 1.24 bits per heavy atom. The number of benzene rings is 2. The molecule has 0 aliphatic heterocycles. The van der Waals surface area contributed by atoms with Crippen molar-refractivity contribution in [1.29, 1.82) is 5.26 Å². The smallest absolute Gasteiger partial charge is 0.262 e. The molecule has 0 amide bonds. The number of sulfonamides is 1. The zero-order chi connectivity index (χ0) is 15.6. The van der Waals surface area contributed by atoms with E-state index in [1.807, 2.05) is 6.07 Å². The number of nitrogen functional groups attached to an aromatic ring is 1. The first-order valence-corrected chi connectivity index (χ1v) is 8.20. The molecule has 0 fully saturated rings. The van der Waals surface area contributed by atoms with Crippen LogP contribution < -0.4 is 10.5 Å². The van der Waals surface area contributed by atoms with Crippen LogP contribution in [0.15, 0.2) is 45.8 Å². The van der Waals surface area contributed by atoms with Gasteiger partial charge in [0.2, 0.25) is 0 Å². The highest BCUT2D eigenvalue weighted by Gasteiger charge is 2.18. The van der Waals surface area contributed by atoms with E-state index < -0.39 is 10.0 Å². The largest absolute Gasteiger partial charge is 0.398 e. The highest BCUT2D eigenvalue weighted by Crippen LogP contribution is 2.26. The maximum atomic E-state index is 12.4. The normalized spacial score (nSPS) is 10.9. The summed E-state index contributed by atoms with van der Waals surface area (Å²) in [6.07, 6.45) is 0. The summed E-state index contributed by atoms with van der Waals surface area (Å²) in [5, 5.41) is 8.89. The Morgan fingerprint density at radius 3 is 2.57 bits per heavy atom. The molecule has 0 radical (unpaired) electrons. The van der Waals surface area contributed by atoms with Crippen LogP contribution in [0.4, 0.5) is 11.4 Å². The standard InChI is InChI=1S/C14H12BrN3O2S/c1-9-2-3-10(8-16)6-14(9)21(19,20)18-11-4-5-13(17)12(15)7-11/h2-7,18H,17H2,1H3. The van der Waals surface area contributed by atoms with E-state index >= 15 is 0 Å². The number of rotatable bonds is 3. The van der Waals surface area contributed by atoms with E-state index in [1.165, 1.54) is 6.07 Å². The molecule has 0 aliphatic rings. The SMILES string of the molecule is Cc1ccc(C#N)cc1S(=O)(=O)Nc1ccc(N)c(Br)c1. The van der Waals surface area contributed by atoms with E-state index in [9.17, 15) is 8.42 Å². The summed E-state index contributed by atoms with van der Waals surface area (Å²) in [6.45, 7) is 1.68. The number of halogens is 1. The Morgan fingerprint density at radius 2 is 1.95 bits per heavy atom. The lowest BCUT2D eigenvalue weighted by Crippen LogP contribution is -2.14. The topological polar surface area (TPSA) is 96.0 Å². The Balaban J connectivity index is 2.43. The van der Waals surface area contributed by atoms with Crippen molar-refractivity contribution in [3.8, 4) is 6.07 Å². The van der Waals surface area contributed by atoms with Gasteiger partial charge in [0.15, 0.2) is 0 Å². The monoisotopic (exact) mass is 365 g/mol. The minimum atomic E-state index is -3.77. The lowest BCUT2D eigenvalue weighted by molar-refractivity contribution is 0.600. The van der Waals surface area contributed by atoms with Gasteiger partial charge < -0.3 is 5.73 Å². The molecule has 108 valence electrons. The van der Waals surface area contributed by atoms with Gasteiger partial charge in [0, 0.05) is 10.2 Å². The molecule has 21 heavy (non-hydrogen) atoms. The minimum Gasteiger partial charge on any atom is -0.398 e. The summed E-state index contributed by atoms with van der Waals surface area (Å²) in [7, 11) is -3.77. The molecule has 0 bridgehead atoms. The van der Waals surface area contributed by atoms with Crippen molar-refractivity contribution in [2.24, 2.45) is 0 Å². The average molecular weight is 366 g/mol. The number of aryl methyl sites for hydroxylation is 1. The lowest BCUT2D eigenvalue weighted by atomic mass is 10.2. The second kappa shape index (κ2) is 5.76. The predicted molar refractivity (Wildman–Crippen MR) is 85.3 cm³/mol. The molecule has 0 saturated carbocycles. The third-order valence-corrected chi connectivity index (χ3v) is 5.07. The number of nitrogens with zero attached hydrogens (tertiary/aromatic N) is 1. The van der Waals surface area contributed by atoms with Crippen LogP contribution in [-0.4, -0.2) is 8.42 Å². The summed E-state index contributed by atoms with van der Waals surface area (Å²) in [6, 6.07) is 11.2. The van der Waals surface area contributed by atoms with Gasteiger partial charge >= 0.3 is 0 Å². The van der Waals surface area contributed by atoms with Crippen LogP contribution in [0.5, 0.6) is 0 Å². The molecular weight excluding hydrogens is 354 g/mol. The van der Waals surface area contributed by atoms with Crippen LogP contribution in [0.2, 0.25) is 0 Å². The van der Waals surface area contributed by atoms with Crippen molar-refractivity contribution in [3.63, 3.8) is 0 Å². The fourth-order valence-electron chi connectivity index (χ4n) is 1.76. The van der Waals surface area contributed by atoms with Crippen molar-refractivity contribution >= 4 is 37.3 Å². The van der Waals surface area contributed by atoms with E-state index in [0.717, 1.165) is 0 Å². The molecule has 3 N–H and O–H groups in total. The molecule has 0 aromatic heterocycles. The zero-order valence-electron chi connectivity index (χ0n) is 11.1. The Kier molecular flexibility index (Phi) is 4.21. The van der Waals surface area contributed by atoms with Crippen molar-refractivity contribution in [2.75, 3.05) is 10.5 Å². The van der Waals surface area contributed by atoms with Crippen molar-refractivity contribution in [2.45, 2.75) is 11.8 Å². The fourth-order valence-corrected chi connectivity index (χ4v) is 3.46. The van der Waals surface area contributed by atoms with Crippen molar-refractivity contribution < 1.29 is 8.42 Å². The molecule has 2 aromatic rings. The van der Waals surface area contributed by atoms with Gasteiger partial charge in [-0.25, -0.2) is 8.42 Å². The Bertz CT molecular complexity index is 842. The van der Waals surface area contributed by atoms with Crippen molar-refractivity contribution in [1.82, 2.24) is 0 Å². The van der Waals surface area contributed by atoms with Gasteiger partial charge in [-0.3, -0.25) is 4.72 Å². The first-order valence-electron chi connectivity index (χ1n) is 5.92. The van der Waals surface area contributed by atoms with E-state index in [4.69, 9.17) is 11.0 Å². The number of nitrogens with two attached hydrogens (primary N) is 1. The number of nitriles is 1. The molecular formula is C14H12BrN3O2S. The maximum Gasteiger partial charge on any atom is 0.262 e. The fraction of sp³-hybridized carbons (Fsp3) is 0.0714. The van der Waals surface area contributed by atoms with Gasteiger partial charge in [-0.05, 0) is 58.7 Å². The molecule has 5 nitrogen and oxygen atoms in total. The highest BCUT2D eigenvalue weighted by atomic mass is 79.9. The van der Waals surface area contributed by atoms with Crippen LogP contribution in [0.1, 0.15) is 11.1 Å². The molecule has 7 heteroatoms. The van der Waals surface area contributed by atoms with Gasteiger partial charge in [0.25, 0.3) is 10.0 Å². The van der Waals surface area contributed by atoms with E-state index in [0.29, 0.717) is 27.0 Å². The molecule has 0 atom stereocenters. The van der Waals surface area contributed by atoms with Crippen LogP contribution in [-0.2, 0) is 10.0 Å². The molecule has 0 aliphatic carbocycles. The van der Waals surface area contributed by atoms with Crippen LogP contribution >= 0.6 is 15.9 Å². The third-order valence-electron chi connectivity index (χ3n) is 2.86. The first-order chi connectivity index (χ1) is 9.83. The predicted octanol–water partition coefficient (Wildman–Crippen LogP) is 3.01. The lowest BCUT2D eigenvalue weighted by Gasteiger charge is -2.11. The van der Waals surface area contributed by atoms with E-state index in [2.05, 4.69) is 20.7 Å². The van der Waals surface area contributed by atoms with Gasteiger partial charge in [0.05, 0.1) is 22.2 Å². The number of hydrogen-bond acceptors (Lipinski definition) is 4. The zero-order valence-corrected chi connectivity index (χ0v) is 13.5. The van der Waals surface area contributed by atoms with Crippen molar-refractivity contribution in [3.05, 3.63) is 52.0 Å². The quantitative estimate of drug-likeness (QED) is 0.817. The molecule has 0 unspecified atom stereocenters. The summed E-state index contributed by atoms with van der Waals surface area (Å²) in [4.78, 5) is 0.0782. The van der Waals surface area contributed by atoms with Crippen LogP contribution in [0.25, 0.3) is 0 Å². The van der Waals surface area contributed by atoms with E-state index in [-0.39, 0.29) is 4.90 Å². The second-order valence-electron chi connectivity index (χ2n) is 4.43. The molecule has 0 saturated heterocycles. The highest BCUT2D eigenvalue weighted by molar-refractivity contribution is 9.10. The van der Waals surface area contributed by atoms with Crippen LogP contribution in [0.3, 0.4) is 0 Å². The number of nitrogens with one attached hydrogen (secondary N) is 1. The summed E-state index contributed by atoms with van der Waals surface area (Å²) in [5.41, 5.74) is 7.42. The van der Waals surface area contributed by atoms with Crippen LogP contribution in [0, 0.1) is 18.3 Å². The summed E-state index contributed by atoms with van der Waals surface area (Å²) < 4.78 is 27.9. The number of hydrogen-bond donors (Lipinski definition) is 2. The summed E-state index contributed by atoms with van der Waals surface area (Å²) in [5.74, 6) is 0. The second-order valence-corrected chi connectivity index (χ2v) is 6.94. The first kappa shape index (κ1) is 15.4. The summed E-state index contributed by atoms with van der Waals surface area (Å²) >= 11 is 3.24. The Labute approximate surface area is 131 Å². The van der Waals surface area contributed by atoms with Gasteiger partial charge in [-0.15, -0.1) is 0 Å². The van der Waals surface area contributed by atoms with Gasteiger partial charge in [0.1, 0.15) is 0 Å². The van der Waals surface area contributed by atoms with Gasteiger partial charge in [-0.2, -0.15) is 5.26 Å². The molecule has 2 aromatic carbocycles. The minimum absolute atomic E-state index is 0.0782. The average Bonchev–Trinajstić information content (AvgIpc) is 2.43. The maximum absolute atomic E-state index is 12.4. The molecule has 0 spiro atoms. The van der Waals surface area contributed by atoms with Gasteiger partial charge in [-0.1, -0.05) is 6.07 Å².